The molecule has 2 aromatic carbocycles. The number of nitrogens with zero attached hydrogens (tertiary/aromatic N) is 2. The molecule has 0 bridgehead atoms. The minimum Gasteiger partial charge on any atom is -0.324 e. The van der Waals surface area contributed by atoms with Crippen molar-refractivity contribution < 1.29 is 18.0 Å². The molecule has 8 heteroatoms. The van der Waals surface area contributed by atoms with Crippen molar-refractivity contribution in [2.75, 3.05) is 31.5 Å². The molecule has 0 spiro atoms. The number of rotatable bonds is 5. The highest BCUT2D eigenvalue weighted by atomic mass is 35.5. The summed E-state index contributed by atoms with van der Waals surface area (Å²) in [5.74, 6) is -0.459. The Labute approximate surface area is 179 Å². The van der Waals surface area contributed by atoms with Gasteiger partial charge in [0, 0.05) is 31.2 Å². The molecule has 1 unspecified atom stereocenters. The van der Waals surface area contributed by atoms with E-state index >= 15 is 0 Å². The molecule has 2 aromatic rings. The molecular formula is C22H25ClF3N3O. The average molecular weight is 440 g/mol. The SMILES string of the molecule is CC(C(=O)Nc1ccc(Cl)cc1C(F)(F)F)N1CCCN(Cc2ccccc2)CC1. The fourth-order valence-corrected chi connectivity index (χ4v) is 3.81. The third kappa shape index (κ3) is 5.97. The number of anilines is 1. The summed E-state index contributed by atoms with van der Waals surface area (Å²) in [6.45, 7) is 5.66. The molecule has 3 rings (SSSR count). The van der Waals surface area contributed by atoms with Gasteiger partial charge in [-0.15, -0.1) is 0 Å². The fraction of sp³-hybridized carbons (Fsp3) is 0.409. The van der Waals surface area contributed by atoms with E-state index in [0.29, 0.717) is 13.1 Å². The highest BCUT2D eigenvalue weighted by Crippen LogP contribution is 2.36. The maximum Gasteiger partial charge on any atom is 0.418 e. The highest BCUT2D eigenvalue weighted by Gasteiger charge is 2.35. The first-order chi connectivity index (χ1) is 14.2. The van der Waals surface area contributed by atoms with Gasteiger partial charge in [0.1, 0.15) is 0 Å². The van der Waals surface area contributed by atoms with Gasteiger partial charge in [-0.3, -0.25) is 14.6 Å². The Bertz CT molecular complexity index is 860. The van der Waals surface area contributed by atoms with Gasteiger partial charge in [0.05, 0.1) is 17.3 Å². The van der Waals surface area contributed by atoms with Crippen molar-refractivity contribution in [1.29, 1.82) is 0 Å². The zero-order valence-electron chi connectivity index (χ0n) is 16.8. The predicted octanol–water partition coefficient (Wildman–Crippen LogP) is 4.89. The Morgan fingerprint density at radius 1 is 1.10 bits per heavy atom. The summed E-state index contributed by atoms with van der Waals surface area (Å²) in [5, 5.41) is 2.41. The molecule has 162 valence electrons. The number of carbonyl (C=O) groups excluding carboxylic acids is 1. The Kier molecular flexibility index (Phi) is 7.39. The second-order valence-electron chi connectivity index (χ2n) is 7.50. The standard InChI is InChI=1S/C22H25ClF3N3O/c1-16(21(30)27-20-9-8-18(23)14-19(20)22(24,25)26)29-11-5-10-28(12-13-29)15-17-6-3-2-4-7-17/h2-4,6-9,14,16H,5,10-13,15H2,1H3,(H,27,30). The summed E-state index contributed by atoms with van der Waals surface area (Å²) >= 11 is 5.71. The van der Waals surface area contributed by atoms with Crippen LogP contribution in [0.3, 0.4) is 0 Å². The topological polar surface area (TPSA) is 35.6 Å². The molecule has 0 saturated carbocycles. The zero-order valence-corrected chi connectivity index (χ0v) is 17.5. The van der Waals surface area contributed by atoms with Gasteiger partial charge in [-0.2, -0.15) is 13.2 Å². The third-order valence-corrected chi connectivity index (χ3v) is 5.58. The monoisotopic (exact) mass is 439 g/mol. The Morgan fingerprint density at radius 2 is 1.83 bits per heavy atom. The highest BCUT2D eigenvalue weighted by molar-refractivity contribution is 6.30. The van der Waals surface area contributed by atoms with Crippen LogP contribution in [0.1, 0.15) is 24.5 Å². The van der Waals surface area contributed by atoms with E-state index in [1.807, 2.05) is 23.1 Å². The summed E-state index contributed by atoms with van der Waals surface area (Å²) in [5.41, 5.74) is 0.0175. The smallest absolute Gasteiger partial charge is 0.324 e. The number of hydrogen-bond acceptors (Lipinski definition) is 3. The number of alkyl halides is 3. The van der Waals surface area contributed by atoms with Gasteiger partial charge in [0.2, 0.25) is 5.91 Å². The van der Waals surface area contributed by atoms with Crippen molar-refractivity contribution in [3.8, 4) is 0 Å². The predicted molar refractivity (Wildman–Crippen MR) is 112 cm³/mol. The second-order valence-corrected chi connectivity index (χ2v) is 7.94. The van der Waals surface area contributed by atoms with E-state index in [4.69, 9.17) is 11.6 Å². The first kappa shape index (κ1) is 22.6. The van der Waals surface area contributed by atoms with Gasteiger partial charge < -0.3 is 5.32 Å². The molecule has 1 N–H and O–H groups in total. The fourth-order valence-electron chi connectivity index (χ4n) is 3.64. The number of carbonyl (C=O) groups is 1. The maximum atomic E-state index is 13.3. The average Bonchev–Trinajstić information content (AvgIpc) is 2.94. The van der Waals surface area contributed by atoms with Crippen LogP contribution in [0.2, 0.25) is 5.02 Å². The van der Waals surface area contributed by atoms with E-state index in [2.05, 4.69) is 22.3 Å². The van der Waals surface area contributed by atoms with Crippen LogP contribution in [0.5, 0.6) is 0 Å². The number of hydrogen-bond donors (Lipinski definition) is 1. The number of nitrogens with one attached hydrogen (secondary N) is 1. The van der Waals surface area contributed by atoms with Crippen LogP contribution >= 0.6 is 11.6 Å². The molecule has 1 aliphatic rings. The molecule has 1 saturated heterocycles. The van der Waals surface area contributed by atoms with Crippen molar-refractivity contribution in [1.82, 2.24) is 9.80 Å². The van der Waals surface area contributed by atoms with Crippen LogP contribution in [-0.2, 0) is 17.5 Å². The summed E-state index contributed by atoms with van der Waals surface area (Å²) in [6, 6.07) is 13.0. The summed E-state index contributed by atoms with van der Waals surface area (Å²) in [7, 11) is 0. The van der Waals surface area contributed by atoms with Gasteiger partial charge in [-0.05, 0) is 43.7 Å². The molecule has 4 nitrogen and oxygen atoms in total. The van der Waals surface area contributed by atoms with E-state index in [0.717, 1.165) is 32.1 Å². The molecule has 1 heterocycles. The number of amides is 1. The summed E-state index contributed by atoms with van der Waals surface area (Å²) in [4.78, 5) is 17.0. The summed E-state index contributed by atoms with van der Waals surface area (Å²) < 4.78 is 39.9. The number of benzene rings is 2. The van der Waals surface area contributed by atoms with Gasteiger partial charge in [0.25, 0.3) is 0 Å². The van der Waals surface area contributed by atoms with Crippen LogP contribution in [0, 0.1) is 0 Å². The van der Waals surface area contributed by atoms with Gasteiger partial charge >= 0.3 is 6.18 Å². The van der Waals surface area contributed by atoms with Crippen molar-refractivity contribution in [3.63, 3.8) is 0 Å². The zero-order chi connectivity index (χ0) is 21.7. The summed E-state index contributed by atoms with van der Waals surface area (Å²) in [6.07, 6.45) is -3.71. The molecule has 0 aromatic heterocycles. The van der Waals surface area contributed by atoms with Gasteiger partial charge in [-0.1, -0.05) is 41.9 Å². The molecule has 1 atom stereocenters. The van der Waals surface area contributed by atoms with E-state index in [-0.39, 0.29) is 10.7 Å². The molecule has 30 heavy (non-hydrogen) atoms. The lowest BCUT2D eigenvalue weighted by Gasteiger charge is -2.27. The molecule has 0 aliphatic carbocycles. The van der Waals surface area contributed by atoms with Crippen LogP contribution in [0.4, 0.5) is 18.9 Å². The van der Waals surface area contributed by atoms with E-state index in [9.17, 15) is 18.0 Å². The van der Waals surface area contributed by atoms with Crippen molar-refractivity contribution in [2.45, 2.75) is 32.1 Å². The van der Waals surface area contributed by atoms with E-state index < -0.39 is 23.7 Å². The lowest BCUT2D eigenvalue weighted by molar-refractivity contribution is -0.137. The van der Waals surface area contributed by atoms with Crippen LogP contribution in [-0.4, -0.2) is 47.9 Å². The van der Waals surface area contributed by atoms with E-state index in [1.165, 1.54) is 17.7 Å². The van der Waals surface area contributed by atoms with Crippen molar-refractivity contribution in [2.24, 2.45) is 0 Å². The normalized spacial score (nSPS) is 17.4. The lowest BCUT2D eigenvalue weighted by atomic mass is 10.1. The first-order valence-corrected chi connectivity index (χ1v) is 10.3. The maximum absolute atomic E-state index is 13.3. The molecule has 1 fully saturated rings. The Morgan fingerprint density at radius 3 is 2.53 bits per heavy atom. The lowest BCUT2D eigenvalue weighted by Crippen LogP contribution is -2.44. The van der Waals surface area contributed by atoms with E-state index in [1.54, 1.807) is 6.92 Å². The molecule has 0 radical (unpaired) electrons. The first-order valence-electron chi connectivity index (χ1n) is 9.92. The minimum atomic E-state index is -4.60. The molecule has 1 aliphatic heterocycles. The Hall–Kier alpha value is -2.09. The van der Waals surface area contributed by atoms with Crippen LogP contribution in [0.15, 0.2) is 48.5 Å². The van der Waals surface area contributed by atoms with Gasteiger partial charge in [0.15, 0.2) is 0 Å². The Balaban J connectivity index is 1.61. The van der Waals surface area contributed by atoms with Crippen LogP contribution < -0.4 is 5.32 Å². The minimum absolute atomic E-state index is 0.0283. The third-order valence-electron chi connectivity index (χ3n) is 5.34. The molecular weight excluding hydrogens is 415 g/mol. The van der Waals surface area contributed by atoms with Crippen molar-refractivity contribution in [3.05, 3.63) is 64.7 Å². The largest absolute Gasteiger partial charge is 0.418 e. The van der Waals surface area contributed by atoms with Crippen molar-refractivity contribution >= 4 is 23.2 Å². The quantitative estimate of drug-likeness (QED) is 0.720. The van der Waals surface area contributed by atoms with Gasteiger partial charge in [-0.25, -0.2) is 0 Å². The number of halogens is 4. The molecule has 1 amide bonds. The second kappa shape index (κ2) is 9.81. The van der Waals surface area contributed by atoms with Crippen LogP contribution in [0.25, 0.3) is 0 Å².